The second-order valence-electron chi connectivity index (χ2n) is 4.45. The smallest absolute Gasteiger partial charge is 0.338 e. The van der Waals surface area contributed by atoms with Gasteiger partial charge in [-0.2, -0.15) is 0 Å². The number of carbonyl (C=O) groups is 2. The summed E-state index contributed by atoms with van der Waals surface area (Å²) in [7, 11) is 0. The van der Waals surface area contributed by atoms with Crippen LogP contribution in [0.4, 0.5) is 5.13 Å². The van der Waals surface area contributed by atoms with Crippen LogP contribution in [-0.2, 0) is 9.53 Å². The first-order valence-electron chi connectivity index (χ1n) is 6.60. The Morgan fingerprint density at radius 2 is 2.09 bits per heavy atom. The molecule has 2 heterocycles. The number of fused-ring (bicyclic) bond motifs is 1. The first-order valence-corrected chi connectivity index (χ1v) is 8.21. The molecule has 1 N–H and O–H groups in total. The molecule has 0 unspecified atom stereocenters. The Morgan fingerprint density at radius 1 is 1.30 bits per heavy atom. The zero-order valence-electron chi connectivity index (χ0n) is 11.7. The Hall–Kier alpha value is -2.13. The molecule has 1 aromatic carbocycles. The van der Waals surface area contributed by atoms with Gasteiger partial charge < -0.3 is 14.2 Å². The van der Waals surface area contributed by atoms with Crippen molar-refractivity contribution in [3.8, 4) is 11.5 Å². The zero-order chi connectivity index (χ0) is 16.2. The monoisotopic (exact) mass is 398 g/mol. The van der Waals surface area contributed by atoms with Gasteiger partial charge in [0.2, 0.25) is 0 Å². The summed E-state index contributed by atoms with van der Waals surface area (Å²) in [6.45, 7) is 0.506. The number of anilines is 1. The number of nitrogens with one attached hydrogen (secondary N) is 1. The Labute approximate surface area is 143 Å². The standard InChI is InChI=1S/C14H11BrN2O5S/c15-11-6-16-14(23-11)17-12(18)7-22-13(19)8-1-2-9-10(5-8)21-4-3-20-9/h1-2,5-6H,3-4,7H2,(H,16,17,18). The van der Waals surface area contributed by atoms with Gasteiger partial charge in [0.1, 0.15) is 13.2 Å². The molecule has 1 amide bonds. The number of halogens is 1. The molecule has 0 saturated carbocycles. The first kappa shape index (κ1) is 15.8. The van der Waals surface area contributed by atoms with Gasteiger partial charge in [0.25, 0.3) is 5.91 Å². The Balaban J connectivity index is 1.55. The molecule has 1 aliphatic rings. The van der Waals surface area contributed by atoms with Gasteiger partial charge in [0.15, 0.2) is 23.2 Å². The number of thiazole rings is 1. The maximum absolute atomic E-state index is 12.0. The minimum atomic E-state index is -0.613. The Morgan fingerprint density at radius 3 is 2.83 bits per heavy atom. The molecule has 0 fully saturated rings. The number of carbonyl (C=O) groups excluding carboxylic acids is 2. The lowest BCUT2D eigenvalue weighted by molar-refractivity contribution is -0.119. The number of hydrogen-bond donors (Lipinski definition) is 1. The van der Waals surface area contributed by atoms with Crippen molar-refractivity contribution in [1.29, 1.82) is 0 Å². The number of amides is 1. The number of nitrogens with zero attached hydrogens (tertiary/aromatic N) is 1. The molecule has 0 saturated heterocycles. The summed E-state index contributed by atoms with van der Waals surface area (Å²) in [5, 5.41) is 2.96. The average molecular weight is 399 g/mol. The van der Waals surface area contributed by atoms with Gasteiger partial charge >= 0.3 is 5.97 Å². The van der Waals surface area contributed by atoms with E-state index < -0.39 is 18.5 Å². The van der Waals surface area contributed by atoms with E-state index in [0.717, 1.165) is 3.79 Å². The summed E-state index contributed by atoms with van der Waals surface area (Å²) in [5.41, 5.74) is 0.291. The van der Waals surface area contributed by atoms with Crippen molar-refractivity contribution in [3.05, 3.63) is 33.7 Å². The SMILES string of the molecule is O=C(COC(=O)c1ccc2c(c1)OCCO2)Nc1ncc(Br)s1. The van der Waals surface area contributed by atoms with Gasteiger partial charge in [0, 0.05) is 0 Å². The molecule has 9 heteroatoms. The molecule has 23 heavy (non-hydrogen) atoms. The molecular formula is C14H11BrN2O5S. The summed E-state index contributed by atoms with van der Waals surface area (Å²) < 4.78 is 16.5. The Bertz CT molecular complexity index is 749. The Kier molecular flexibility index (Phi) is 4.77. The average Bonchev–Trinajstić information content (AvgIpc) is 2.97. The number of rotatable bonds is 4. The van der Waals surface area contributed by atoms with Crippen LogP contribution in [0.2, 0.25) is 0 Å². The number of benzene rings is 1. The van der Waals surface area contributed by atoms with Crippen LogP contribution < -0.4 is 14.8 Å². The van der Waals surface area contributed by atoms with Gasteiger partial charge in [-0.05, 0) is 34.1 Å². The molecule has 0 atom stereocenters. The highest BCUT2D eigenvalue weighted by Gasteiger charge is 2.17. The van der Waals surface area contributed by atoms with E-state index in [0.29, 0.717) is 35.4 Å². The third-order valence-electron chi connectivity index (χ3n) is 2.84. The fourth-order valence-electron chi connectivity index (χ4n) is 1.85. The summed E-state index contributed by atoms with van der Waals surface area (Å²) in [5.74, 6) is -0.00198. The number of aromatic nitrogens is 1. The van der Waals surface area contributed by atoms with E-state index in [1.54, 1.807) is 18.3 Å². The lowest BCUT2D eigenvalue weighted by atomic mass is 10.2. The third-order valence-corrected chi connectivity index (χ3v) is 4.23. The van der Waals surface area contributed by atoms with E-state index in [1.165, 1.54) is 17.4 Å². The molecule has 3 rings (SSSR count). The van der Waals surface area contributed by atoms with Crippen LogP contribution in [-0.4, -0.2) is 36.7 Å². The minimum Gasteiger partial charge on any atom is -0.486 e. The molecule has 1 aromatic heterocycles. The number of ether oxygens (including phenoxy) is 3. The van der Waals surface area contributed by atoms with E-state index in [1.807, 2.05) is 0 Å². The molecule has 1 aliphatic heterocycles. The fraction of sp³-hybridized carbons (Fsp3) is 0.214. The highest BCUT2D eigenvalue weighted by molar-refractivity contribution is 9.11. The lowest BCUT2D eigenvalue weighted by Crippen LogP contribution is -2.21. The van der Waals surface area contributed by atoms with E-state index in [2.05, 4.69) is 26.2 Å². The van der Waals surface area contributed by atoms with Gasteiger partial charge in [0.05, 0.1) is 15.5 Å². The maximum atomic E-state index is 12.0. The molecule has 7 nitrogen and oxygen atoms in total. The van der Waals surface area contributed by atoms with Crippen LogP contribution in [0.25, 0.3) is 0 Å². The van der Waals surface area contributed by atoms with Crippen molar-refractivity contribution in [2.45, 2.75) is 0 Å². The molecule has 0 radical (unpaired) electrons. The molecule has 0 aliphatic carbocycles. The predicted octanol–water partition coefficient (Wildman–Crippen LogP) is 2.47. The van der Waals surface area contributed by atoms with E-state index in [4.69, 9.17) is 14.2 Å². The number of hydrogen-bond acceptors (Lipinski definition) is 7. The van der Waals surface area contributed by atoms with Gasteiger partial charge in [-0.1, -0.05) is 11.3 Å². The second-order valence-corrected chi connectivity index (χ2v) is 6.86. The normalized spacial score (nSPS) is 12.6. The van der Waals surface area contributed by atoms with E-state index >= 15 is 0 Å². The molecule has 2 aromatic rings. The van der Waals surface area contributed by atoms with Gasteiger partial charge in [-0.15, -0.1) is 0 Å². The van der Waals surface area contributed by atoms with Crippen LogP contribution in [0.15, 0.2) is 28.2 Å². The van der Waals surface area contributed by atoms with Crippen LogP contribution in [0.3, 0.4) is 0 Å². The van der Waals surface area contributed by atoms with Crippen molar-refractivity contribution in [1.82, 2.24) is 4.98 Å². The summed E-state index contributed by atoms with van der Waals surface area (Å²) in [6, 6.07) is 4.73. The van der Waals surface area contributed by atoms with Crippen molar-refractivity contribution in [2.75, 3.05) is 25.1 Å². The first-order chi connectivity index (χ1) is 11.1. The van der Waals surface area contributed by atoms with Gasteiger partial charge in [-0.25, -0.2) is 9.78 Å². The molecule has 120 valence electrons. The maximum Gasteiger partial charge on any atom is 0.338 e. The van der Waals surface area contributed by atoms with Crippen LogP contribution in [0.5, 0.6) is 11.5 Å². The summed E-state index contributed by atoms with van der Waals surface area (Å²) >= 11 is 4.51. The van der Waals surface area contributed by atoms with Crippen molar-refractivity contribution < 1.29 is 23.8 Å². The van der Waals surface area contributed by atoms with Crippen molar-refractivity contribution in [3.63, 3.8) is 0 Å². The minimum absolute atomic E-state index is 0.291. The van der Waals surface area contributed by atoms with Crippen LogP contribution in [0.1, 0.15) is 10.4 Å². The quantitative estimate of drug-likeness (QED) is 0.795. The predicted molar refractivity (Wildman–Crippen MR) is 86.2 cm³/mol. The molecular weight excluding hydrogens is 388 g/mol. The highest BCUT2D eigenvalue weighted by Crippen LogP contribution is 2.30. The number of esters is 1. The molecule has 0 bridgehead atoms. The summed E-state index contributed by atoms with van der Waals surface area (Å²) in [4.78, 5) is 27.6. The van der Waals surface area contributed by atoms with Crippen LogP contribution in [0, 0.1) is 0 Å². The zero-order valence-corrected chi connectivity index (χ0v) is 14.1. The fourth-order valence-corrected chi connectivity index (χ4v) is 2.98. The third kappa shape index (κ3) is 3.99. The molecule has 0 spiro atoms. The van der Waals surface area contributed by atoms with Crippen molar-refractivity contribution >= 4 is 44.3 Å². The summed E-state index contributed by atoms with van der Waals surface area (Å²) in [6.07, 6.45) is 1.57. The second kappa shape index (κ2) is 6.97. The lowest BCUT2D eigenvalue weighted by Gasteiger charge is -2.18. The van der Waals surface area contributed by atoms with E-state index in [9.17, 15) is 9.59 Å². The highest BCUT2D eigenvalue weighted by atomic mass is 79.9. The topological polar surface area (TPSA) is 86.8 Å². The van der Waals surface area contributed by atoms with E-state index in [-0.39, 0.29) is 0 Å². The van der Waals surface area contributed by atoms with Gasteiger partial charge in [-0.3, -0.25) is 10.1 Å². The largest absolute Gasteiger partial charge is 0.486 e. The van der Waals surface area contributed by atoms with Crippen LogP contribution >= 0.6 is 27.3 Å². The van der Waals surface area contributed by atoms with Crippen molar-refractivity contribution in [2.24, 2.45) is 0 Å².